The quantitative estimate of drug-likeness (QED) is 0.809. The summed E-state index contributed by atoms with van der Waals surface area (Å²) < 4.78 is 26.3. The molecular weight excluding hydrogens is 350 g/mol. The summed E-state index contributed by atoms with van der Waals surface area (Å²) >= 11 is 0. The molecule has 0 radical (unpaired) electrons. The van der Waals surface area contributed by atoms with Crippen LogP contribution >= 0.6 is 0 Å². The van der Waals surface area contributed by atoms with E-state index in [2.05, 4.69) is 5.32 Å². The molecule has 0 saturated heterocycles. The molecule has 2 aromatic carbocycles. The molecule has 2 aromatic rings. The number of unbranched alkanes of at least 4 members (excludes halogenated alkanes) is 1. The van der Waals surface area contributed by atoms with Gasteiger partial charge in [-0.3, -0.25) is 4.79 Å². The lowest BCUT2D eigenvalue weighted by atomic mass is 10.2. The second kappa shape index (κ2) is 8.61. The van der Waals surface area contributed by atoms with Crippen LogP contribution in [0.5, 0.6) is 0 Å². The van der Waals surface area contributed by atoms with Crippen LogP contribution in [-0.4, -0.2) is 32.2 Å². The van der Waals surface area contributed by atoms with Crippen molar-refractivity contribution < 1.29 is 13.2 Å². The van der Waals surface area contributed by atoms with Crippen LogP contribution in [0.25, 0.3) is 0 Å². The average Bonchev–Trinajstić information content (AvgIpc) is 2.66. The number of nitriles is 1. The van der Waals surface area contributed by atoms with Gasteiger partial charge >= 0.3 is 0 Å². The lowest BCUT2D eigenvalue weighted by molar-refractivity contribution is 0.102. The molecule has 0 aromatic heterocycles. The number of anilines is 1. The van der Waals surface area contributed by atoms with E-state index in [1.165, 1.54) is 28.6 Å². The lowest BCUT2D eigenvalue weighted by Crippen LogP contribution is -2.28. The molecule has 0 atom stereocenters. The second-order valence-corrected chi connectivity index (χ2v) is 7.89. The zero-order chi connectivity index (χ0) is 19.2. The monoisotopic (exact) mass is 371 g/mol. The average molecular weight is 371 g/mol. The molecule has 26 heavy (non-hydrogen) atoms. The van der Waals surface area contributed by atoms with Gasteiger partial charge in [-0.1, -0.05) is 13.3 Å². The van der Waals surface area contributed by atoms with Crippen molar-refractivity contribution in [2.24, 2.45) is 0 Å². The summed E-state index contributed by atoms with van der Waals surface area (Å²) in [5, 5.41) is 11.5. The standard InChI is InChI=1S/C19H21N3O3S/c1-3-4-13-22(2)26(24,25)18-11-7-16(8-12-18)19(23)21-17-9-5-15(14-20)6-10-17/h5-12H,3-4,13H2,1-2H3,(H,21,23). The summed E-state index contributed by atoms with van der Waals surface area (Å²) in [5.41, 5.74) is 1.42. The van der Waals surface area contributed by atoms with Gasteiger partial charge in [-0.05, 0) is 55.0 Å². The number of carbonyl (C=O) groups is 1. The first-order valence-electron chi connectivity index (χ1n) is 8.26. The summed E-state index contributed by atoms with van der Waals surface area (Å²) in [6.07, 6.45) is 1.70. The summed E-state index contributed by atoms with van der Waals surface area (Å²) in [4.78, 5) is 12.4. The molecule has 0 aliphatic carbocycles. The zero-order valence-electron chi connectivity index (χ0n) is 14.8. The SMILES string of the molecule is CCCCN(C)S(=O)(=O)c1ccc(C(=O)Nc2ccc(C#N)cc2)cc1. The van der Waals surface area contributed by atoms with E-state index in [9.17, 15) is 13.2 Å². The highest BCUT2D eigenvalue weighted by Gasteiger charge is 2.20. The Labute approximate surface area is 154 Å². The van der Waals surface area contributed by atoms with E-state index >= 15 is 0 Å². The van der Waals surface area contributed by atoms with Crippen molar-refractivity contribution in [2.75, 3.05) is 18.9 Å². The number of sulfonamides is 1. The molecule has 0 aliphatic heterocycles. The molecule has 0 aliphatic rings. The van der Waals surface area contributed by atoms with Crippen LogP contribution in [0.3, 0.4) is 0 Å². The summed E-state index contributed by atoms with van der Waals surface area (Å²) in [7, 11) is -2.00. The smallest absolute Gasteiger partial charge is 0.255 e. The highest BCUT2D eigenvalue weighted by Crippen LogP contribution is 2.17. The first-order chi connectivity index (χ1) is 12.4. The number of rotatable bonds is 7. The topological polar surface area (TPSA) is 90.3 Å². The molecule has 1 N–H and O–H groups in total. The third-order valence-corrected chi connectivity index (χ3v) is 5.79. The number of hydrogen-bond acceptors (Lipinski definition) is 4. The Kier molecular flexibility index (Phi) is 6.50. The molecule has 0 spiro atoms. The summed E-state index contributed by atoms with van der Waals surface area (Å²) in [6.45, 7) is 2.46. The van der Waals surface area contributed by atoms with Gasteiger partial charge in [-0.25, -0.2) is 12.7 Å². The molecular formula is C19H21N3O3S. The van der Waals surface area contributed by atoms with Gasteiger partial charge in [0.05, 0.1) is 16.5 Å². The Morgan fingerprint density at radius 1 is 1.12 bits per heavy atom. The number of hydrogen-bond donors (Lipinski definition) is 1. The molecule has 6 nitrogen and oxygen atoms in total. The van der Waals surface area contributed by atoms with Gasteiger partial charge in [0.15, 0.2) is 0 Å². The largest absolute Gasteiger partial charge is 0.322 e. The maximum absolute atomic E-state index is 12.5. The first kappa shape index (κ1) is 19.6. The predicted octanol–water partition coefficient (Wildman–Crippen LogP) is 3.23. The molecule has 0 saturated carbocycles. The van der Waals surface area contributed by atoms with Crippen molar-refractivity contribution in [3.8, 4) is 6.07 Å². The van der Waals surface area contributed by atoms with E-state index in [0.29, 0.717) is 23.4 Å². The van der Waals surface area contributed by atoms with Gasteiger partial charge in [0, 0.05) is 24.8 Å². The van der Waals surface area contributed by atoms with Gasteiger partial charge in [0.25, 0.3) is 5.91 Å². The Bertz CT molecular complexity index is 899. The van der Waals surface area contributed by atoms with E-state index in [-0.39, 0.29) is 10.8 Å². The molecule has 0 heterocycles. The van der Waals surface area contributed by atoms with E-state index in [0.717, 1.165) is 12.8 Å². The number of benzene rings is 2. The number of amides is 1. The van der Waals surface area contributed by atoms with Crippen LogP contribution in [0.4, 0.5) is 5.69 Å². The normalized spacial score (nSPS) is 11.2. The second-order valence-electron chi connectivity index (χ2n) is 5.85. The van der Waals surface area contributed by atoms with Gasteiger partial charge in [-0.15, -0.1) is 0 Å². The van der Waals surface area contributed by atoms with E-state index in [4.69, 9.17) is 5.26 Å². The fraction of sp³-hybridized carbons (Fsp3) is 0.263. The fourth-order valence-electron chi connectivity index (χ4n) is 2.29. The van der Waals surface area contributed by atoms with Crippen molar-refractivity contribution in [1.82, 2.24) is 4.31 Å². The van der Waals surface area contributed by atoms with Crippen LogP contribution in [0.15, 0.2) is 53.4 Å². The molecule has 0 fully saturated rings. The van der Waals surface area contributed by atoms with Crippen LogP contribution in [0.1, 0.15) is 35.7 Å². The maximum Gasteiger partial charge on any atom is 0.255 e. The Balaban J connectivity index is 2.10. The zero-order valence-corrected chi connectivity index (χ0v) is 15.6. The van der Waals surface area contributed by atoms with E-state index < -0.39 is 10.0 Å². The molecule has 136 valence electrons. The lowest BCUT2D eigenvalue weighted by Gasteiger charge is -2.17. The minimum atomic E-state index is -3.55. The minimum absolute atomic E-state index is 0.158. The van der Waals surface area contributed by atoms with Gasteiger partial charge in [-0.2, -0.15) is 5.26 Å². The summed E-state index contributed by atoms with van der Waals surface area (Å²) in [5.74, 6) is -0.349. The highest BCUT2D eigenvalue weighted by atomic mass is 32.2. The fourth-order valence-corrected chi connectivity index (χ4v) is 3.50. The number of nitrogens with one attached hydrogen (secondary N) is 1. The predicted molar refractivity (Wildman–Crippen MR) is 100 cm³/mol. The minimum Gasteiger partial charge on any atom is -0.322 e. The van der Waals surface area contributed by atoms with Crippen LogP contribution in [0, 0.1) is 11.3 Å². The Hall–Kier alpha value is -2.69. The molecule has 0 bridgehead atoms. The van der Waals surface area contributed by atoms with Crippen LogP contribution < -0.4 is 5.32 Å². The van der Waals surface area contributed by atoms with Crippen molar-refractivity contribution in [2.45, 2.75) is 24.7 Å². The van der Waals surface area contributed by atoms with Crippen molar-refractivity contribution in [1.29, 1.82) is 5.26 Å². The van der Waals surface area contributed by atoms with Crippen molar-refractivity contribution >= 4 is 21.6 Å². The molecule has 1 amide bonds. The Morgan fingerprint density at radius 2 is 1.73 bits per heavy atom. The van der Waals surface area contributed by atoms with Gasteiger partial charge < -0.3 is 5.32 Å². The van der Waals surface area contributed by atoms with Crippen LogP contribution in [-0.2, 0) is 10.0 Å². The van der Waals surface area contributed by atoms with E-state index in [1.807, 2.05) is 13.0 Å². The van der Waals surface area contributed by atoms with Gasteiger partial charge in [0.1, 0.15) is 0 Å². The Morgan fingerprint density at radius 3 is 2.27 bits per heavy atom. The first-order valence-corrected chi connectivity index (χ1v) is 9.70. The van der Waals surface area contributed by atoms with Gasteiger partial charge in [0.2, 0.25) is 10.0 Å². The van der Waals surface area contributed by atoms with E-state index in [1.54, 1.807) is 31.3 Å². The highest BCUT2D eigenvalue weighted by molar-refractivity contribution is 7.89. The molecule has 0 unspecified atom stereocenters. The third-order valence-electron chi connectivity index (χ3n) is 3.92. The molecule has 7 heteroatoms. The molecule has 2 rings (SSSR count). The van der Waals surface area contributed by atoms with Crippen molar-refractivity contribution in [3.63, 3.8) is 0 Å². The summed E-state index contributed by atoms with van der Waals surface area (Å²) in [6, 6.07) is 14.3. The van der Waals surface area contributed by atoms with Crippen molar-refractivity contribution in [3.05, 3.63) is 59.7 Å². The van der Waals surface area contributed by atoms with Crippen LogP contribution in [0.2, 0.25) is 0 Å². The number of carbonyl (C=O) groups excluding carboxylic acids is 1. The third kappa shape index (κ3) is 4.69. The number of nitrogens with zero attached hydrogens (tertiary/aromatic N) is 2. The maximum atomic E-state index is 12.5.